The van der Waals surface area contributed by atoms with E-state index in [-0.39, 0.29) is 5.91 Å². The maximum atomic E-state index is 12.3. The van der Waals surface area contributed by atoms with E-state index in [9.17, 15) is 4.79 Å². The van der Waals surface area contributed by atoms with Crippen LogP contribution < -0.4 is 10.6 Å². The highest BCUT2D eigenvalue weighted by Crippen LogP contribution is 2.17. The molecule has 20 heavy (non-hydrogen) atoms. The molecule has 1 aliphatic heterocycles. The molecule has 3 heterocycles. The number of aromatic nitrogens is 4. The Morgan fingerprint density at radius 2 is 2.40 bits per heavy atom. The van der Waals surface area contributed by atoms with Gasteiger partial charge in [-0.2, -0.15) is 10.2 Å². The average Bonchev–Trinajstić information content (AvgIpc) is 3.01. The molecule has 0 radical (unpaired) electrons. The van der Waals surface area contributed by atoms with Gasteiger partial charge in [-0.1, -0.05) is 0 Å². The van der Waals surface area contributed by atoms with E-state index in [1.165, 1.54) is 0 Å². The largest absolute Gasteiger partial charge is 0.346 e. The van der Waals surface area contributed by atoms with Crippen LogP contribution in [0.15, 0.2) is 6.20 Å². The molecule has 3 N–H and O–H groups in total. The third-order valence-electron chi connectivity index (χ3n) is 3.70. The normalized spacial score (nSPS) is 14.1. The summed E-state index contributed by atoms with van der Waals surface area (Å²) in [6.45, 7) is 4.03. The van der Waals surface area contributed by atoms with E-state index < -0.39 is 0 Å². The number of rotatable bonds is 3. The fraction of sp³-hybridized carbons (Fsp3) is 0.462. The number of nitrogens with zero attached hydrogens (tertiary/aromatic N) is 3. The Bertz CT molecular complexity index is 641. The Balaban J connectivity index is 1.76. The Labute approximate surface area is 116 Å². The van der Waals surface area contributed by atoms with Crippen molar-refractivity contribution in [3.05, 3.63) is 34.4 Å². The molecule has 7 nitrogen and oxygen atoms in total. The van der Waals surface area contributed by atoms with Crippen molar-refractivity contribution in [1.29, 1.82) is 0 Å². The molecular formula is C13H18N6O. The molecule has 0 aromatic carbocycles. The van der Waals surface area contributed by atoms with Gasteiger partial charge >= 0.3 is 0 Å². The summed E-state index contributed by atoms with van der Waals surface area (Å²) in [5.74, 6) is -0.133. The van der Waals surface area contributed by atoms with Crippen molar-refractivity contribution in [3.8, 4) is 0 Å². The van der Waals surface area contributed by atoms with Gasteiger partial charge in [-0.05, 0) is 6.92 Å². The van der Waals surface area contributed by atoms with Crippen LogP contribution in [-0.4, -0.2) is 32.4 Å². The summed E-state index contributed by atoms with van der Waals surface area (Å²) in [4.78, 5) is 12.3. The smallest absolute Gasteiger partial charge is 0.272 e. The quantitative estimate of drug-likeness (QED) is 0.737. The van der Waals surface area contributed by atoms with Gasteiger partial charge in [0.1, 0.15) is 0 Å². The van der Waals surface area contributed by atoms with Crippen LogP contribution in [-0.2, 0) is 26.6 Å². The van der Waals surface area contributed by atoms with E-state index >= 15 is 0 Å². The number of fused-ring (bicyclic) bond motifs is 1. The molecule has 0 atom stereocenters. The Morgan fingerprint density at radius 1 is 1.55 bits per heavy atom. The zero-order valence-electron chi connectivity index (χ0n) is 11.7. The lowest BCUT2D eigenvalue weighted by Gasteiger charge is -2.14. The summed E-state index contributed by atoms with van der Waals surface area (Å²) in [6, 6.07) is 0. The van der Waals surface area contributed by atoms with Crippen molar-refractivity contribution in [2.24, 2.45) is 7.05 Å². The van der Waals surface area contributed by atoms with Gasteiger partial charge in [0.15, 0.2) is 5.69 Å². The van der Waals surface area contributed by atoms with Crippen molar-refractivity contribution in [1.82, 2.24) is 30.6 Å². The van der Waals surface area contributed by atoms with E-state index in [2.05, 4.69) is 25.9 Å². The third kappa shape index (κ3) is 2.20. The molecular weight excluding hydrogens is 256 g/mol. The fourth-order valence-electron chi connectivity index (χ4n) is 2.52. The second-order valence-corrected chi connectivity index (χ2v) is 5.03. The summed E-state index contributed by atoms with van der Waals surface area (Å²) >= 11 is 0. The van der Waals surface area contributed by atoms with Crippen LogP contribution in [0.5, 0.6) is 0 Å². The number of amides is 1. The van der Waals surface area contributed by atoms with Gasteiger partial charge in [0, 0.05) is 55.6 Å². The molecule has 7 heteroatoms. The SMILES string of the molecule is Cc1[nH]ncc1CNC(=O)c1nn(C)c2c1CNCC2. The van der Waals surface area contributed by atoms with Crippen LogP contribution in [0.1, 0.15) is 33.0 Å². The summed E-state index contributed by atoms with van der Waals surface area (Å²) < 4.78 is 1.81. The van der Waals surface area contributed by atoms with Gasteiger partial charge in [-0.25, -0.2) is 0 Å². The number of carbonyl (C=O) groups excluding carboxylic acids is 1. The monoisotopic (exact) mass is 274 g/mol. The first-order chi connectivity index (χ1) is 9.66. The predicted octanol–water partition coefficient (Wildman–Crippen LogP) is 0.0273. The van der Waals surface area contributed by atoms with Gasteiger partial charge in [0.05, 0.1) is 6.20 Å². The molecule has 1 aliphatic rings. The standard InChI is InChI=1S/C13H18N6O/c1-8-9(6-16-17-8)5-15-13(20)12-10-7-14-4-3-11(10)19(2)18-12/h6,14H,3-5,7H2,1-2H3,(H,15,20)(H,16,17). The highest BCUT2D eigenvalue weighted by Gasteiger charge is 2.23. The number of hydrogen-bond donors (Lipinski definition) is 3. The molecule has 2 aromatic rings. The van der Waals surface area contributed by atoms with Crippen LogP contribution >= 0.6 is 0 Å². The maximum absolute atomic E-state index is 12.3. The molecule has 2 aromatic heterocycles. The molecule has 0 saturated heterocycles. The van der Waals surface area contributed by atoms with Crippen molar-refractivity contribution >= 4 is 5.91 Å². The first kappa shape index (κ1) is 12.9. The maximum Gasteiger partial charge on any atom is 0.272 e. The summed E-state index contributed by atoms with van der Waals surface area (Å²) in [6.07, 6.45) is 2.64. The molecule has 0 bridgehead atoms. The molecule has 1 amide bonds. The number of H-pyrrole nitrogens is 1. The Hall–Kier alpha value is -2.15. The lowest BCUT2D eigenvalue weighted by Crippen LogP contribution is -2.28. The zero-order valence-corrected chi connectivity index (χ0v) is 11.7. The van der Waals surface area contributed by atoms with Crippen LogP contribution in [0.2, 0.25) is 0 Å². The molecule has 0 fully saturated rings. The first-order valence-corrected chi connectivity index (χ1v) is 6.69. The summed E-state index contributed by atoms with van der Waals surface area (Å²) in [7, 11) is 1.89. The van der Waals surface area contributed by atoms with Crippen LogP contribution in [0.4, 0.5) is 0 Å². The lowest BCUT2D eigenvalue weighted by atomic mass is 10.1. The number of nitrogens with one attached hydrogen (secondary N) is 3. The van der Waals surface area contributed by atoms with Gasteiger partial charge in [-0.3, -0.25) is 14.6 Å². The van der Waals surface area contributed by atoms with Gasteiger partial charge in [0.25, 0.3) is 5.91 Å². The van der Waals surface area contributed by atoms with Crippen LogP contribution in [0.3, 0.4) is 0 Å². The highest BCUT2D eigenvalue weighted by molar-refractivity contribution is 5.94. The van der Waals surface area contributed by atoms with Gasteiger partial charge in [0.2, 0.25) is 0 Å². The van der Waals surface area contributed by atoms with E-state index in [0.29, 0.717) is 18.8 Å². The van der Waals surface area contributed by atoms with Crippen molar-refractivity contribution in [3.63, 3.8) is 0 Å². The van der Waals surface area contributed by atoms with Gasteiger partial charge in [-0.15, -0.1) is 0 Å². The molecule has 0 unspecified atom stereocenters. The Morgan fingerprint density at radius 3 is 3.15 bits per heavy atom. The molecule has 3 rings (SSSR count). The molecule has 0 saturated carbocycles. The first-order valence-electron chi connectivity index (χ1n) is 6.69. The minimum atomic E-state index is -0.133. The van der Waals surface area contributed by atoms with E-state index in [1.54, 1.807) is 6.20 Å². The molecule has 0 aliphatic carbocycles. The predicted molar refractivity (Wildman–Crippen MR) is 73.1 cm³/mol. The molecule has 0 spiro atoms. The topological polar surface area (TPSA) is 87.6 Å². The minimum absolute atomic E-state index is 0.133. The lowest BCUT2D eigenvalue weighted by molar-refractivity contribution is 0.0944. The third-order valence-corrected chi connectivity index (χ3v) is 3.70. The average molecular weight is 274 g/mol. The second-order valence-electron chi connectivity index (χ2n) is 5.03. The Kier molecular flexibility index (Phi) is 3.27. The van der Waals surface area contributed by atoms with Crippen LogP contribution in [0.25, 0.3) is 0 Å². The van der Waals surface area contributed by atoms with Crippen molar-refractivity contribution in [2.75, 3.05) is 6.54 Å². The summed E-state index contributed by atoms with van der Waals surface area (Å²) in [5.41, 5.74) is 4.64. The van der Waals surface area contributed by atoms with E-state index in [1.807, 2.05) is 18.7 Å². The number of aryl methyl sites for hydroxylation is 2. The van der Waals surface area contributed by atoms with Crippen molar-refractivity contribution in [2.45, 2.75) is 26.4 Å². The summed E-state index contributed by atoms with van der Waals surface area (Å²) in [5, 5.41) is 17.3. The van der Waals surface area contributed by atoms with Crippen molar-refractivity contribution < 1.29 is 4.79 Å². The number of hydrogen-bond acceptors (Lipinski definition) is 4. The second kappa shape index (κ2) is 5.09. The number of aromatic amines is 1. The highest BCUT2D eigenvalue weighted by atomic mass is 16.1. The van der Waals surface area contributed by atoms with E-state index in [0.717, 1.165) is 35.5 Å². The fourth-order valence-corrected chi connectivity index (χ4v) is 2.52. The molecule has 106 valence electrons. The zero-order chi connectivity index (χ0) is 14.1. The van der Waals surface area contributed by atoms with Crippen LogP contribution in [0, 0.1) is 6.92 Å². The number of carbonyl (C=O) groups is 1. The van der Waals surface area contributed by atoms with E-state index in [4.69, 9.17) is 0 Å². The minimum Gasteiger partial charge on any atom is -0.346 e. The van der Waals surface area contributed by atoms with Gasteiger partial charge < -0.3 is 10.6 Å².